The molecule has 57 heavy (non-hydrogen) atoms. The highest BCUT2D eigenvalue weighted by molar-refractivity contribution is 7.20. The Hall–Kier alpha value is -6.29. The lowest BCUT2D eigenvalue weighted by atomic mass is 9.66. The Morgan fingerprint density at radius 2 is 1.40 bits per heavy atom. The first-order valence-corrected chi connectivity index (χ1v) is 21.3. The number of aromatic nitrogens is 1. The van der Waals surface area contributed by atoms with E-state index in [0.717, 1.165) is 30.8 Å². The van der Waals surface area contributed by atoms with Crippen LogP contribution in [0.25, 0.3) is 53.8 Å². The summed E-state index contributed by atoms with van der Waals surface area (Å²) in [6, 6.07) is 59.2. The van der Waals surface area contributed by atoms with E-state index >= 15 is 0 Å². The summed E-state index contributed by atoms with van der Waals surface area (Å²) in [5, 5.41) is 6.29. The summed E-state index contributed by atoms with van der Waals surface area (Å²) in [7, 11) is 0. The summed E-state index contributed by atoms with van der Waals surface area (Å²) in [4.78, 5) is 7.22. The minimum Gasteiger partial charge on any atom is -0.297 e. The number of benzene rings is 7. The van der Waals surface area contributed by atoms with Crippen LogP contribution in [-0.2, 0) is 5.41 Å². The minimum atomic E-state index is -0.412. The molecule has 2 aromatic heterocycles. The Morgan fingerprint density at radius 3 is 2.25 bits per heavy atom. The first-order chi connectivity index (χ1) is 28.3. The molecular weight excluding hydrogens is 709 g/mol. The van der Waals surface area contributed by atoms with Gasteiger partial charge in [-0.3, -0.25) is 4.57 Å². The summed E-state index contributed by atoms with van der Waals surface area (Å²) in [5.74, 6) is 1.35. The van der Waals surface area contributed by atoms with E-state index in [1.807, 2.05) is 11.3 Å². The third-order valence-corrected chi connectivity index (χ3v) is 14.4. The highest BCUT2D eigenvalue weighted by atomic mass is 32.1. The van der Waals surface area contributed by atoms with Gasteiger partial charge in [-0.25, -0.2) is 4.99 Å². The van der Waals surface area contributed by atoms with E-state index < -0.39 is 5.41 Å². The number of rotatable bonds is 4. The number of nitrogens with zero attached hydrogens (tertiary/aromatic N) is 2. The maximum absolute atomic E-state index is 5.84. The van der Waals surface area contributed by atoms with Crippen molar-refractivity contribution in [1.82, 2.24) is 4.57 Å². The molecule has 12 rings (SSSR count). The van der Waals surface area contributed by atoms with Crippen LogP contribution in [0.15, 0.2) is 187 Å². The van der Waals surface area contributed by atoms with Crippen molar-refractivity contribution >= 4 is 65.5 Å². The average molecular weight is 749 g/mol. The fourth-order valence-electron chi connectivity index (χ4n) is 10.8. The first-order valence-electron chi connectivity index (χ1n) is 20.4. The van der Waals surface area contributed by atoms with Crippen molar-refractivity contribution in [3.05, 3.63) is 209 Å². The van der Waals surface area contributed by atoms with Gasteiger partial charge in [-0.2, -0.15) is 0 Å². The van der Waals surface area contributed by atoms with Crippen molar-refractivity contribution in [3.8, 4) is 11.1 Å². The molecule has 2 aliphatic carbocycles. The van der Waals surface area contributed by atoms with Crippen molar-refractivity contribution in [2.24, 2.45) is 10.9 Å². The monoisotopic (exact) mass is 748 g/mol. The second kappa shape index (κ2) is 12.6. The minimum absolute atomic E-state index is 0.0945. The van der Waals surface area contributed by atoms with Gasteiger partial charge in [-0.1, -0.05) is 159 Å². The first kappa shape index (κ1) is 32.9. The van der Waals surface area contributed by atoms with Crippen LogP contribution in [0, 0.1) is 5.92 Å². The Kier molecular flexibility index (Phi) is 7.28. The van der Waals surface area contributed by atoms with E-state index in [0.29, 0.717) is 0 Å². The standard InChI is InChI=1S/C54H40N2S/c1-2-38-50(42-27-17-29-45-49(42)40-25-11-14-28-44(40)54(45,36-20-5-3-6-21-36)37-22-7-4-8-23-37)52-51(41-26-13-16-31-48(41)57-52)55-53(38)56-46-30-15-12-24-39(46)43-32-34-18-9-10-19-35(34)33-47(43)56/h3,5-7,9-33,38,50H,2,4,8H2,1H3. The average Bonchev–Trinajstić information content (AvgIpc) is 3.91. The lowest BCUT2D eigenvalue weighted by Gasteiger charge is -2.36. The lowest BCUT2D eigenvalue weighted by Crippen LogP contribution is -2.31. The van der Waals surface area contributed by atoms with Gasteiger partial charge in [0.15, 0.2) is 0 Å². The summed E-state index contributed by atoms with van der Waals surface area (Å²) in [6.45, 7) is 2.37. The predicted molar refractivity (Wildman–Crippen MR) is 242 cm³/mol. The van der Waals surface area contributed by atoms with E-state index in [9.17, 15) is 0 Å². The zero-order chi connectivity index (χ0) is 37.7. The SMILES string of the molecule is CCC1C(n2c3ccccc3c3cc4ccccc4cc32)=Nc2c(sc3ccccc23)C1c1cccc2c1-c1ccccc1C2(C1=CCCC=C1)c1ccccc1. The number of thiophene rings is 1. The smallest absolute Gasteiger partial charge is 0.118 e. The van der Waals surface area contributed by atoms with Gasteiger partial charge in [0.1, 0.15) is 5.84 Å². The molecule has 3 atom stereocenters. The van der Waals surface area contributed by atoms with Gasteiger partial charge in [-0.05, 0) is 93.3 Å². The molecule has 0 fully saturated rings. The molecule has 0 saturated carbocycles. The fraction of sp³-hybridized carbons (Fsp3) is 0.130. The molecule has 0 saturated heterocycles. The lowest BCUT2D eigenvalue weighted by molar-refractivity contribution is 0.573. The Bertz CT molecular complexity index is 3190. The number of aliphatic imine (C=N–C) groups is 1. The summed E-state index contributed by atoms with van der Waals surface area (Å²) in [6.07, 6.45) is 10.4. The summed E-state index contributed by atoms with van der Waals surface area (Å²) in [5.41, 5.74) is 12.7. The number of para-hydroxylation sites is 1. The molecule has 272 valence electrons. The van der Waals surface area contributed by atoms with E-state index in [2.05, 4.69) is 187 Å². The Balaban J connectivity index is 1.18. The number of fused-ring (bicyclic) bond motifs is 10. The van der Waals surface area contributed by atoms with Crippen LogP contribution in [-0.4, -0.2) is 10.4 Å². The second-order valence-corrected chi connectivity index (χ2v) is 17.0. The Labute approximate surface area is 336 Å². The van der Waals surface area contributed by atoms with Crippen molar-refractivity contribution < 1.29 is 0 Å². The number of allylic oxidation sites excluding steroid dienone is 4. The normalized spacial score (nSPS) is 19.8. The van der Waals surface area contributed by atoms with Crippen LogP contribution < -0.4 is 0 Å². The highest BCUT2D eigenvalue weighted by Gasteiger charge is 2.49. The Morgan fingerprint density at radius 1 is 0.667 bits per heavy atom. The second-order valence-electron chi connectivity index (χ2n) is 15.9. The molecule has 9 aromatic rings. The van der Waals surface area contributed by atoms with Crippen LogP contribution in [0.3, 0.4) is 0 Å². The van der Waals surface area contributed by atoms with Gasteiger partial charge in [-0.15, -0.1) is 11.3 Å². The molecule has 3 aliphatic rings. The molecule has 0 radical (unpaired) electrons. The van der Waals surface area contributed by atoms with Gasteiger partial charge in [0.2, 0.25) is 0 Å². The molecular formula is C54H40N2S. The summed E-state index contributed by atoms with van der Waals surface area (Å²) >= 11 is 1.94. The maximum atomic E-state index is 5.84. The fourth-order valence-corrected chi connectivity index (χ4v) is 12.1. The molecule has 2 nitrogen and oxygen atoms in total. The van der Waals surface area contributed by atoms with Crippen molar-refractivity contribution in [1.29, 1.82) is 0 Å². The zero-order valence-corrected chi connectivity index (χ0v) is 32.6. The molecule has 3 heteroatoms. The maximum Gasteiger partial charge on any atom is 0.118 e. The summed E-state index contributed by atoms with van der Waals surface area (Å²) < 4.78 is 3.82. The topological polar surface area (TPSA) is 17.3 Å². The van der Waals surface area contributed by atoms with Crippen LogP contribution in [0.2, 0.25) is 0 Å². The molecule has 1 aliphatic heterocycles. The van der Waals surface area contributed by atoms with E-state index in [1.54, 1.807) is 0 Å². The predicted octanol–water partition coefficient (Wildman–Crippen LogP) is 14.5. The number of hydrogen-bond acceptors (Lipinski definition) is 2. The molecule has 0 N–H and O–H groups in total. The molecule has 0 amide bonds. The van der Waals surface area contributed by atoms with Gasteiger partial charge < -0.3 is 0 Å². The van der Waals surface area contributed by atoms with Crippen LogP contribution in [0.5, 0.6) is 0 Å². The van der Waals surface area contributed by atoms with E-state index in [1.165, 1.54) is 86.5 Å². The van der Waals surface area contributed by atoms with Crippen molar-refractivity contribution in [2.75, 3.05) is 0 Å². The third-order valence-electron chi connectivity index (χ3n) is 13.1. The van der Waals surface area contributed by atoms with Gasteiger partial charge >= 0.3 is 0 Å². The van der Waals surface area contributed by atoms with Crippen molar-refractivity contribution in [3.63, 3.8) is 0 Å². The van der Waals surface area contributed by atoms with Crippen LogP contribution >= 0.6 is 11.3 Å². The quantitative estimate of drug-likeness (QED) is 0.171. The van der Waals surface area contributed by atoms with Crippen LogP contribution in [0.1, 0.15) is 59.2 Å². The molecule has 0 spiro atoms. The molecule has 3 unspecified atom stereocenters. The van der Waals surface area contributed by atoms with Crippen molar-refractivity contribution in [2.45, 2.75) is 37.5 Å². The number of hydrogen-bond donors (Lipinski definition) is 0. The van der Waals surface area contributed by atoms with Gasteiger partial charge in [0, 0.05) is 37.6 Å². The molecule has 3 heterocycles. The highest BCUT2D eigenvalue weighted by Crippen LogP contribution is 2.61. The van der Waals surface area contributed by atoms with E-state index in [4.69, 9.17) is 4.99 Å². The van der Waals surface area contributed by atoms with Crippen LogP contribution in [0.4, 0.5) is 5.69 Å². The van der Waals surface area contributed by atoms with Gasteiger partial charge in [0.25, 0.3) is 0 Å². The molecule has 0 bridgehead atoms. The third kappa shape index (κ3) is 4.55. The van der Waals surface area contributed by atoms with E-state index in [-0.39, 0.29) is 11.8 Å². The zero-order valence-electron chi connectivity index (χ0n) is 31.8. The molecule has 7 aromatic carbocycles. The van der Waals surface area contributed by atoms with Gasteiger partial charge in [0.05, 0.1) is 22.1 Å². The largest absolute Gasteiger partial charge is 0.297 e.